The highest BCUT2D eigenvalue weighted by Crippen LogP contribution is 2.17. The summed E-state index contributed by atoms with van der Waals surface area (Å²) >= 11 is 0. The van der Waals surface area contributed by atoms with Gasteiger partial charge < -0.3 is 20.5 Å². The molecule has 3 amide bonds. The molecule has 3 N–H and O–H groups in total. The molecule has 0 saturated carbocycles. The van der Waals surface area contributed by atoms with E-state index in [0.717, 1.165) is 10.9 Å². The summed E-state index contributed by atoms with van der Waals surface area (Å²) in [5.74, 6) is -0.547. The molecule has 0 spiro atoms. The third-order valence-corrected chi connectivity index (χ3v) is 3.80. The molecule has 120 valence electrons. The molecule has 0 radical (unpaired) electrons. The second-order valence-electron chi connectivity index (χ2n) is 5.49. The maximum atomic E-state index is 12.0. The number of nitrogens with one attached hydrogen (secondary N) is 3. The topological polar surface area (TPSA) is 94.3 Å². The van der Waals surface area contributed by atoms with Gasteiger partial charge in [0.05, 0.1) is 6.54 Å². The molecule has 1 aromatic heterocycles. The summed E-state index contributed by atoms with van der Waals surface area (Å²) < 4.78 is 0. The summed E-state index contributed by atoms with van der Waals surface area (Å²) in [6.07, 6.45) is 2.03. The van der Waals surface area contributed by atoms with Crippen LogP contribution in [-0.4, -0.2) is 47.2 Å². The number of piperazine rings is 1. The lowest BCUT2D eigenvalue weighted by Gasteiger charge is -2.26. The predicted octanol–water partition coefficient (Wildman–Crippen LogP) is 0.845. The molecule has 7 nitrogen and oxygen atoms in total. The number of hydrogen-bond donors (Lipinski definition) is 3. The van der Waals surface area contributed by atoms with Gasteiger partial charge in [-0.3, -0.25) is 14.4 Å². The second-order valence-corrected chi connectivity index (χ2v) is 5.49. The van der Waals surface area contributed by atoms with Crippen LogP contribution >= 0.6 is 0 Å². The Hall–Kier alpha value is -2.83. The molecule has 0 atom stereocenters. The van der Waals surface area contributed by atoms with Gasteiger partial charge in [0, 0.05) is 43.3 Å². The van der Waals surface area contributed by atoms with Crippen LogP contribution in [-0.2, 0) is 14.4 Å². The summed E-state index contributed by atoms with van der Waals surface area (Å²) in [5, 5.41) is 6.51. The van der Waals surface area contributed by atoms with Crippen molar-refractivity contribution in [3.8, 4) is 0 Å². The average Bonchev–Trinajstić information content (AvgIpc) is 3.00. The molecule has 7 heteroatoms. The summed E-state index contributed by atoms with van der Waals surface area (Å²) in [4.78, 5) is 39.8. The number of carbonyl (C=O) groups excluding carboxylic acids is 3. The smallest absolute Gasteiger partial charge is 0.239 e. The lowest BCUT2D eigenvalue weighted by atomic mass is 10.2. The number of aromatic nitrogens is 1. The Morgan fingerprint density at radius 1 is 1.22 bits per heavy atom. The Kier molecular flexibility index (Phi) is 4.27. The minimum Gasteiger partial charge on any atom is -0.361 e. The Bertz CT molecular complexity index is 753. The molecule has 23 heavy (non-hydrogen) atoms. The zero-order valence-corrected chi connectivity index (χ0v) is 12.6. The van der Waals surface area contributed by atoms with E-state index < -0.39 is 0 Å². The number of fused-ring (bicyclic) bond motifs is 1. The van der Waals surface area contributed by atoms with Crippen LogP contribution < -0.4 is 10.6 Å². The number of aromatic amines is 1. The third-order valence-electron chi connectivity index (χ3n) is 3.80. The van der Waals surface area contributed by atoms with Gasteiger partial charge in [-0.05, 0) is 23.6 Å². The van der Waals surface area contributed by atoms with Gasteiger partial charge in [-0.2, -0.15) is 0 Å². The molecule has 1 saturated heterocycles. The van der Waals surface area contributed by atoms with Crippen LogP contribution in [0.1, 0.15) is 12.8 Å². The second kappa shape index (κ2) is 6.51. The van der Waals surface area contributed by atoms with E-state index in [9.17, 15) is 14.4 Å². The van der Waals surface area contributed by atoms with Gasteiger partial charge in [0.25, 0.3) is 0 Å². The van der Waals surface area contributed by atoms with Crippen LogP contribution in [0, 0.1) is 0 Å². The maximum absolute atomic E-state index is 12.0. The normalized spacial score (nSPS) is 14.6. The standard InChI is InChI=1S/C16H18N4O3/c21-14(3-4-16(23)20-8-7-18-15(22)10-20)19-12-2-1-11-5-6-17-13(11)9-12/h1-2,5-6,9,17H,3-4,7-8,10H2,(H,18,22)(H,19,21). The first-order valence-electron chi connectivity index (χ1n) is 7.53. The first-order valence-corrected chi connectivity index (χ1v) is 7.53. The number of benzene rings is 1. The summed E-state index contributed by atoms with van der Waals surface area (Å²) in [6, 6.07) is 7.54. The monoisotopic (exact) mass is 314 g/mol. The molecule has 2 heterocycles. The molecule has 1 fully saturated rings. The minimum atomic E-state index is -0.217. The Morgan fingerprint density at radius 2 is 2.09 bits per heavy atom. The summed E-state index contributed by atoms with van der Waals surface area (Å²) in [6.45, 7) is 1.03. The molecule has 3 rings (SSSR count). The van der Waals surface area contributed by atoms with Crippen molar-refractivity contribution < 1.29 is 14.4 Å². The number of anilines is 1. The molecular weight excluding hydrogens is 296 g/mol. The van der Waals surface area contributed by atoms with E-state index in [0.29, 0.717) is 18.8 Å². The SMILES string of the molecule is O=C1CN(C(=O)CCC(=O)Nc2ccc3cc[nH]c3c2)CCN1. The van der Waals surface area contributed by atoms with Crippen molar-refractivity contribution in [2.75, 3.05) is 25.0 Å². The first kappa shape index (κ1) is 15.1. The molecule has 1 aliphatic rings. The van der Waals surface area contributed by atoms with Gasteiger partial charge in [-0.25, -0.2) is 0 Å². The van der Waals surface area contributed by atoms with E-state index in [-0.39, 0.29) is 37.1 Å². The molecule has 1 aliphatic heterocycles. The number of rotatable bonds is 4. The van der Waals surface area contributed by atoms with Gasteiger partial charge in [-0.15, -0.1) is 0 Å². The van der Waals surface area contributed by atoms with Crippen molar-refractivity contribution in [1.82, 2.24) is 15.2 Å². The zero-order chi connectivity index (χ0) is 16.2. The van der Waals surface area contributed by atoms with Gasteiger partial charge in [-0.1, -0.05) is 6.07 Å². The molecule has 0 bridgehead atoms. The fourth-order valence-corrected chi connectivity index (χ4v) is 2.58. The summed E-state index contributed by atoms with van der Waals surface area (Å²) in [7, 11) is 0. The van der Waals surface area contributed by atoms with Crippen molar-refractivity contribution in [2.45, 2.75) is 12.8 Å². The number of amides is 3. The lowest BCUT2D eigenvalue weighted by Crippen LogP contribution is -2.50. The highest BCUT2D eigenvalue weighted by molar-refractivity contribution is 5.95. The Labute approximate surface area is 133 Å². The molecule has 2 aromatic rings. The van der Waals surface area contributed by atoms with E-state index >= 15 is 0 Å². The van der Waals surface area contributed by atoms with Crippen molar-refractivity contribution in [3.63, 3.8) is 0 Å². The average molecular weight is 314 g/mol. The number of carbonyl (C=O) groups is 3. The van der Waals surface area contributed by atoms with Crippen LogP contribution in [0.4, 0.5) is 5.69 Å². The van der Waals surface area contributed by atoms with Crippen molar-refractivity contribution >= 4 is 34.3 Å². The highest BCUT2D eigenvalue weighted by Gasteiger charge is 2.21. The molecule has 0 unspecified atom stereocenters. The van der Waals surface area contributed by atoms with Crippen LogP contribution in [0.2, 0.25) is 0 Å². The van der Waals surface area contributed by atoms with Gasteiger partial charge in [0.2, 0.25) is 17.7 Å². The number of H-pyrrole nitrogens is 1. The summed E-state index contributed by atoms with van der Waals surface area (Å²) in [5.41, 5.74) is 1.63. The van der Waals surface area contributed by atoms with Crippen molar-refractivity contribution in [2.24, 2.45) is 0 Å². The van der Waals surface area contributed by atoms with Crippen LogP contribution in [0.25, 0.3) is 10.9 Å². The Balaban J connectivity index is 1.50. The van der Waals surface area contributed by atoms with Crippen LogP contribution in [0.5, 0.6) is 0 Å². The van der Waals surface area contributed by atoms with Gasteiger partial charge in [0.1, 0.15) is 0 Å². The molecule has 1 aromatic carbocycles. The number of hydrogen-bond acceptors (Lipinski definition) is 3. The van der Waals surface area contributed by atoms with E-state index in [2.05, 4.69) is 15.6 Å². The predicted molar refractivity (Wildman–Crippen MR) is 85.8 cm³/mol. The molecular formula is C16H18N4O3. The first-order chi connectivity index (χ1) is 11.1. The highest BCUT2D eigenvalue weighted by atomic mass is 16.2. The molecule has 0 aliphatic carbocycles. The fourth-order valence-electron chi connectivity index (χ4n) is 2.58. The van der Waals surface area contributed by atoms with E-state index in [4.69, 9.17) is 0 Å². The minimum absolute atomic E-state index is 0.0734. The van der Waals surface area contributed by atoms with Gasteiger partial charge >= 0.3 is 0 Å². The number of nitrogens with zero attached hydrogens (tertiary/aromatic N) is 1. The largest absolute Gasteiger partial charge is 0.361 e. The van der Waals surface area contributed by atoms with Crippen molar-refractivity contribution in [3.05, 3.63) is 30.5 Å². The van der Waals surface area contributed by atoms with Crippen molar-refractivity contribution in [1.29, 1.82) is 0 Å². The Morgan fingerprint density at radius 3 is 2.91 bits per heavy atom. The zero-order valence-electron chi connectivity index (χ0n) is 12.6. The van der Waals surface area contributed by atoms with E-state index in [1.165, 1.54) is 4.90 Å². The van der Waals surface area contributed by atoms with E-state index in [1.807, 2.05) is 30.5 Å². The van der Waals surface area contributed by atoms with Gasteiger partial charge in [0.15, 0.2) is 0 Å². The van der Waals surface area contributed by atoms with Crippen LogP contribution in [0.3, 0.4) is 0 Å². The third kappa shape index (κ3) is 3.68. The maximum Gasteiger partial charge on any atom is 0.239 e. The quantitative estimate of drug-likeness (QED) is 0.780. The fraction of sp³-hybridized carbons (Fsp3) is 0.312. The lowest BCUT2D eigenvalue weighted by molar-refractivity contribution is -0.138. The van der Waals surface area contributed by atoms with E-state index in [1.54, 1.807) is 0 Å². The van der Waals surface area contributed by atoms with Crippen LogP contribution in [0.15, 0.2) is 30.5 Å².